The molecule has 0 radical (unpaired) electrons. The molecular weight excluding hydrogens is 482 g/mol. The summed E-state index contributed by atoms with van der Waals surface area (Å²) >= 11 is 0. The van der Waals surface area contributed by atoms with Gasteiger partial charge >= 0.3 is 0 Å². The molecule has 0 aliphatic carbocycles. The largest absolute Gasteiger partial charge is 0.496 e. The number of ether oxygens (including phenoxy) is 2. The Balaban J connectivity index is 1.43. The first-order valence-electron chi connectivity index (χ1n) is 12.1. The summed E-state index contributed by atoms with van der Waals surface area (Å²) in [6, 6.07) is 20.2. The summed E-state index contributed by atoms with van der Waals surface area (Å²) in [6.45, 7) is 2.08. The standard InChI is InChI=1S/C29H27N5O4/c1-19(35)32-23-8-10-24(11-9-23)38-18-22-15-21(7-12-26(22)37-2)28-33-27-25(6-4-14-31-27)29(36)34(28)17-20-5-3-13-30-16-20/h3-16,28H,17-18H2,1-2H3,(H,31,33)(H,32,35). The van der Waals surface area contributed by atoms with Crippen molar-refractivity contribution in [3.63, 3.8) is 0 Å². The van der Waals surface area contributed by atoms with Crippen molar-refractivity contribution in [2.75, 3.05) is 17.7 Å². The number of amides is 2. The molecule has 1 unspecified atom stereocenters. The molecule has 4 aromatic rings. The Morgan fingerprint density at radius 3 is 2.63 bits per heavy atom. The minimum Gasteiger partial charge on any atom is -0.496 e. The summed E-state index contributed by atoms with van der Waals surface area (Å²) < 4.78 is 11.6. The zero-order valence-corrected chi connectivity index (χ0v) is 21.0. The quantitative estimate of drug-likeness (QED) is 0.352. The predicted molar refractivity (Wildman–Crippen MR) is 143 cm³/mol. The Kier molecular flexibility index (Phi) is 7.17. The summed E-state index contributed by atoms with van der Waals surface area (Å²) in [5.41, 5.74) is 3.81. The van der Waals surface area contributed by atoms with E-state index in [4.69, 9.17) is 9.47 Å². The highest BCUT2D eigenvalue weighted by Crippen LogP contribution is 2.35. The van der Waals surface area contributed by atoms with Gasteiger partial charge in [0.05, 0.1) is 12.7 Å². The highest BCUT2D eigenvalue weighted by molar-refractivity contribution is 6.00. The van der Waals surface area contributed by atoms with Crippen molar-refractivity contribution in [3.05, 3.63) is 108 Å². The van der Waals surface area contributed by atoms with Crippen LogP contribution in [-0.4, -0.2) is 33.8 Å². The van der Waals surface area contributed by atoms with E-state index in [9.17, 15) is 9.59 Å². The molecule has 5 rings (SSSR count). The lowest BCUT2D eigenvalue weighted by Gasteiger charge is -2.37. The van der Waals surface area contributed by atoms with E-state index in [1.165, 1.54) is 6.92 Å². The number of nitrogens with zero attached hydrogens (tertiary/aromatic N) is 3. The van der Waals surface area contributed by atoms with Crippen molar-refractivity contribution in [3.8, 4) is 11.5 Å². The van der Waals surface area contributed by atoms with E-state index < -0.39 is 6.17 Å². The molecule has 38 heavy (non-hydrogen) atoms. The fraction of sp³-hybridized carbons (Fsp3) is 0.172. The normalized spacial score (nSPS) is 14.3. The topological polar surface area (TPSA) is 106 Å². The Hall–Kier alpha value is -4.92. The second-order valence-corrected chi connectivity index (χ2v) is 8.81. The van der Waals surface area contributed by atoms with Crippen molar-refractivity contribution in [1.82, 2.24) is 14.9 Å². The maximum absolute atomic E-state index is 13.6. The van der Waals surface area contributed by atoms with Crippen LogP contribution in [0.3, 0.4) is 0 Å². The highest BCUT2D eigenvalue weighted by Gasteiger charge is 2.34. The molecule has 0 saturated carbocycles. The van der Waals surface area contributed by atoms with Gasteiger partial charge in [-0.1, -0.05) is 12.1 Å². The molecule has 0 spiro atoms. The first-order chi connectivity index (χ1) is 18.5. The predicted octanol–water partition coefficient (Wildman–Crippen LogP) is 4.79. The average molecular weight is 510 g/mol. The van der Waals surface area contributed by atoms with Gasteiger partial charge in [-0.05, 0) is 65.7 Å². The van der Waals surface area contributed by atoms with E-state index in [1.54, 1.807) is 67.0 Å². The van der Waals surface area contributed by atoms with E-state index in [2.05, 4.69) is 20.6 Å². The minimum absolute atomic E-state index is 0.117. The monoisotopic (exact) mass is 509 g/mol. The minimum atomic E-state index is -0.466. The molecule has 192 valence electrons. The van der Waals surface area contributed by atoms with Gasteiger partial charge in [0.15, 0.2) is 0 Å². The number of rotatable bonds is 8. The van der Waals surface area contributed by atoms with Crippen LogP contribution in [0.5, 0.6) is 11.5 Å². The molecule has 1 aliphatic heterocycles. The number of nitrogens with one attached hydrogen (secondary N) is 2. The fourth-order valence-corrected chi connectivity index (χ4v) is 4.37. The summed E-state index contributed by atoms with van der Waals surface area (Å²) in [4.78, 5) is 35.2. The number of fused-ring (bicyclic) bond motifs is 1. The maximum Gasteiger partial charge on any atom is 0.259 e. The summed E-state index contributed by atoms with van der Waals surface area (Å²) in [6.07, 6.45) is 4.66. The smallest absolute Gasteiger partial charge is 0.259 e. The number of methoxy groups -OCH3 is 1. The van der Waals surface area contributed by atoms with Crippen LogP contribution in [0.15, 0.2) is 85.3 Å². The van der Waals surface area contributed by atoms with Crippen LogP contribution < -0.4 is 20.1 Å². The van der Waals surface area contributed by atoms with Crippen LogP contribution in [0, 0.1) is 0 Å². The number of pyridine rings is 2. The van der Waals surface area contributed by atoms with Gasteiger partial charge in [0.1, 0.15) is 30.1 Å². The molecule has 2 N–H and O–H groups in total. The van der Waals surface area contributed by atoms with Gasteiger partial charge in [0, 0.05) is 43.3 Å². The number of carbonyl (C=O) groups excluding carboxylic acids is 2. The third-order valence-electron chi connectivity index (χ3n) is 6.15. The van der Waals surface area contributed by atoms with Crippen LogP contribution in [0.1, 0.15) is 40.1 Å². The molecule has 0 bridgehead atoms. The van der Waals surface area contributed by atoms with Gasteiger partial charge in [-0.2, -0.15) is 0 Å². The van der Waals surface area contributed by atoms with Crippen molar-refractivity contribution >= 4 is 23.3 Å². The van der Waals surface area contributed by atoms with E-state index in [0.717, 1.165) is 16.7 Å². The summed E-state index contributed by atoms with van der Waals surface area (Å²) in [5.74, 6) is 1.61. The molecule has 9 heteroatoms. The Morgan fingerprint density at radius 1 is 1.08 bits per heavy atom. The second-order valence-electron chi connectivity index (χ2n) is 8.81. The van der Waals surface area contributed by atoms with Crippen LogP contribution in [0.2, 0.25) is 0 Å². The van der Waals surface area contributed by atoms with Crippen LogP contribution >= 0.6 is 0 Å². The lowest BCUT2D eigenvalue weighted by atomic mass is 10.0. The van der Waals surface area contributed by atoms with Gasteiger partial charge < -0.3 is 25.0 Å². The van der Waals surface area contributed by atoms with E-state index in [0.29, 0.717) is 35.1 Å². The number of hydrogen-bond donors (Lipinski definition) is 2. The molecule has 1 aliphatic rings. The van der Waals surface area contributed by atoms with Gasteiger partial charge in [0.25, 0.3) is 5.91 Å². The maximum atomic E-state index is 13.6. The number of carbonyl (C=O) groups is 2. The SMILES string of the molecule is COc1ccc(C2Nc3ncccc3C(=O)N2Cc2cccnc2)cc1COc1ccc(NC(C)=O)cc1. The van der Waals surface area contributed by atoms with E-state index >= 15 is 0 Å². The number of aromatic nitrogens is 2. The van der Waals surface area contributed by atoms with Gasteiger partial charge in [-0.25, -0.2) is 4.98 Å². The molecule has 2 aromatic carbocycles. The van der Waals surface area contributed by atoms with Crippen molar-refractivity contribution in [2.45, 2.75) is 26.2 Å². The Morgan fingerprint density at radius 2 is 1.89 bits per heavy atom. The van der Waals surface area contributed by atoms with Crippen LogP contribution in [-0.2, 0) is 17.9 Å². The fourth-order valence-electron chi connectivity index (χ4n) is 4.37. The van der Waals surface area contributed by atoms with Gasteiger partial charge in [-0.15, -0.1) is 0 Å². The summed E-state index contributed by atoms with van der Waals surface area (Å²) in [5, 5.41) is 6.17. The number of hydrogen-bond acceptors (Lipinski definition) is 7. The third-order valence-corrected chi connectivity index (χ3v) is 6.15. The third kappa shape index (κ3) is 5.41. The number of anilines is 2. The van der Waals surface area contributed by atoms with Crippen LogP contribution in [0.4, 0.5) is 11.5 Å². The molecule has 9 nitrogen and oxygen atoms in total. The highest BCUT2D eigenvalue weighted by atomic mass is 16.5. The zero-order valence-electron chi connectivity index (χ0n) is 21.0. The van der Waals surface area contributed by atoms with E-state index in [-0.39, 0.29) is 18.4 Å². The Bertz CT molecular complexity index is 1440. The molecule has 0 saturated heterocycles. The van der Waals surface area contributed by atoms with Crippen LogP contribution in [0.25, 0.3) is 0 Å². The number of benzene rings is 2. The molecule has 3 heterocycles. The first-order valence-corrected chi connectivity index (χ1v) is 12.1. The van der Waals surface area contributed by atoms with Gasteiger partial charge in [-0.3, -0.25) is 14.6 Å². The van der Waals surface area contributed by atoms with Crippen molar-refractivity contribution in [2.24, 2.45) is 0 Å². The molecule has 1 atom stereocenters. The Labute approximate surface area is 220 Å². The zero-order chi connectivity index (χ0) is 26.5. The molecule has 2 aromatic heterocycles. The molecule has 2 amide bonds. The first kappa shape index (κ1) is 24.8. The molecular formula is C29H27N5O4. The second kappa shape index (κ2) is 11.0. The van der Waals surface area contributed by atoms with Gasteiger partial charge in [0.2, 0.25) is 5.91 Å². The summed E-state index contributed by atoms with van der Waals surface area (Å²) in [7, 11) is 1.61. The average Bonchev–Trinajstić information content (AvgIpc) is 2.94. The lowest BCUT2D eigenvalue weighted by Crippen LogP contribution is -2.42. The van der Waals surface area contributed by atoms with Crippen molar-refractivity contribution in [1.29, 1.82) is 0 Å². The van der Waals surface area contributed by atoms with Crippen molar-refractivity contribution < 1.29 is 19.1 Å². The lowest BCUT2D eigenvalue weighted by molar-refractivity contribution is -0.114. The van der Waals surface area contributed by atoms with E-state index in [1.807, 2.05) is 30.3 Å². The molecule has 0 fully saturated rings.